The number of hydrogen-bond acceptors (Lipinski definition) is 5. The van der Waals surface area contributed by atoms with Gasteiger partial charge < -0.3 is 10.8 Å². The van der Waals surface area contributed by atoms with Crippen LogP contribution < -0.4 is 5.73 Å². The van der Waals surface area contributed by atoms with Crippen molar-refractivity contribution in [2.45, 2.75) is 46.6 Å². The maximum Gasteiger partial charge on any atom is 0.214 e. The van der Waals surface area contributed by atoms with Crippen molar-refractivity contribution < 1.29 is 9.90 Å². The van der Waals surface area contributed by atoms with E-state index in [-0.39, 0.29) is 18.4 Å². The van der Waals surface area contributed by atoms with Crippen molar-refractivity contribution in [2.24, 2.45) is 10.7 Å². The van der Waals surface area contributed by atoms with Crippen LogP contribution in [-0.4, -0.2) is 38.1 Å². The Bertz CT molecular complexity index is 1090. The molecule has 1 aromatic heterocycles. The third kappa shape index (κ3) is 4.88. The van der Waals surface area contributed by atoms with Gasteiger partial charge in [-0.05, 0) is 38.0 Å². The average molecular weight is 420 g/mol. The van der Waals surface area contributed by atoms with E-state index in [0.717, 1.165) is 46.2 Å². The molecule has 31 heavy (non-hydrogen) atoms. The fourth-order valence-electron chi connectivity index (χ4n) is 3.68. The van der Waals surface area contributed by atoms with Crippen LogP contribution in [0.4, 0.5) is 0 Å². The summed E-state index contributed by atoms with van der Waals surface area (Å²) in [5.41, 5.74) is 11.0. The molecule has 0 spiro atoms. The van der Waals surface area contributed by atoms with E-state index < -0.39 is 0 Å². The molecule has 162 valence electrons. The van der Waals surface area contributed by atoms with E-state index >= 15 is 0 Å². The minimum atomic E-state index is -0.333. The number of nitrogens with two attached hydrogens (primary N) is 1. The number of aromatic nitrogens is 3. The number of hydrogen-bond donors (Lipinski definition) is 2. The molecular formula is C24H29N5O2. The molecule has 3 N–H and O–H groups in total. The Morgan fingerprint density at radius 2 is 1.84 bits per heavy atom. The predicted octanol–water partition coefficient (Wildman–Crippen LogP) is 3.21. The monoisotopic (exact) mass is 419 g/mol. The van der Waals surface area contributed by atoms with E-state index in [1.807, 2.05) is 6.92 Å². The lowest BCUT2D eigenvalue weighted by atomic mass is 9.91. The molecule has 0 saturated heterocycles. The number of rotatable bonds is 4. The molecule has 0 bridgehead atoms. The Morgan fingerprint density at radius 1 is 1.16 bits per heavy atom. The molecule has 3 aromatic rings. The predicted molar refractivity (Wildman–Crippen MR) is 122 cm³/mol. The van der Waals surface area contributed by atoms with E-state index in [0.29, 0.717) is 6.54 Å². The molecule has 2 heterocycles. The lowest BCUT2D eigenvalue weighted by Crippen LogP contribution is -2.11. The molecule has 1 unspecified atom stereocenters. The molecule has 4 rings (SSSR count). The molecule has 7 heteroatoms. The number of aryl methyl sites for hydroxylation is 2. The lowest BCUT2D eigenvalue weighted by molar-refractivity contribution is -0.115. The minimum Gasteiger partial charge on any atom is -0.396 e. The third-order valence-electron chi connectivity index (χ3n) is 5.30. The number of amides is 1. The second-order valence-corrected chi connectivity index (χ2v) is 7.70. The molecule has 1 atom stereocenters. The van der Waals surface area contributed by atoms with Gasteiger partial charge in [-0.3, -0.25) is 14.4 Å². The van der Waals surface area contributed by atoms with E-state index in [9.17, 15) is 9.90 Å². The Kier molecular flexibility index (Phi) is 6.97. The first-order chi connectivity index (χ1) is 14.8. The molecule has 1 amide bonds. The van der Waals surface area contributed by atoms with Crippen LogP contribution in [0.25, 0.3) is 5.69 Å². The van der Waals surface area contributed by atoms with Crippen LogP contribution in [-0.2, 0) is 11.3 Å². The second-order valence-electron chi connectivity index (χ2n) is 7.70. The van der Waals surface area contributed by atoms with Crippen molar-refractivity contribution in [3.05, 3.63) is 76.4 Å². The van der Waals surface area contributed by atoms with Crippen molar-refractivity contribution in [3.63, 3.8) is 0 Å². The fourth-order valence-corrected chi connectivity index (χ4v) is 3.68. The highest BCUT2D eigenvalue weighted by atomic mass is 16.3. The van der Waals surface area contributed by atoms with Gasteiger partial charge in [0.25, 0.3) is 0 Å². The van der Waals surface area contributed by atoms with Crippen LogP contribution in [0, 0.1) is 13.8 Å². The standard InChI is InChI=1S/C22H24N4O.C2H5NO/c1-4-16(13-27)18-9-10-20-19(11-18)22(17-7-5-14(2)6-8-17)23-12-21-25-24-15(3)26(20)21;1-2(3)4/h5-11,16,27H,4,12-13H2,1-3H3;1H3,(H2,3,4). The maximum absolute atomic E-state index is 9.77. The number of nitrogens with zero attached hydrogens (tertiary/aromatic N) is 4. The van der Waals surface area contributed by atoms with Gasteiger partial charge in [0.05, 0.1) is 11.4 Å². The van der Waals surface area contributed by atoms with E-state index in [4.69, 9.17) is 4.99 Å². The van der Waals surface area contributed by atoms with Crippen LogP contribution in [0.5, 0.6) is 0 Å². The number of carbonyl (C=O) groups excluding carboxylic acids is 1. The lowest BCUT2D eigenvalue weighted by Gasteiger charge is -2.18. The molecule has 1 aliphatic heterocycles. The van der Waals surface area contributed by atoms with E-state index in [1.54, 1.807) is 0 Å². The van der Waals surface area contributed by atoms with Gasteiger partial charge in [0.15, 0.2) is 5.82 Å². The van der Waals surface area contributed by atoms with Crippen molar-refractivity contribution >= 4 is 11.6 Å². The van der Waals surface area contributed by atoms with Crippen molar-refractivity contribution in [1.29, 1.82) is 0 Å². The molecular weight excluding hydrogens is 390 g/mol. The molecule has 1 aliphatic rings. The number of aliphatic hydroxyl groups is 1. The highest BCUT2D eigenvalue weighted by Crippen LogP contribution is 2.29. The molecule has 2 aromatic carbocycles. The Balaban J connectivity index is 0.000000628. The number of carbonyl (C=O) groups is 1. The first kappa shape index (κ1) is 22.4. The topological polar surface area (TPSA) is 106 Å². The number of benzene rings is 2. The molecule has 0 fully saturated rings. The summed E-state index contributed by atoms with van der Waals surface area (Å²) in [5, 5.41) is 18.3. The highest BCUT2D eigenvalue weighted by Gasteiger charge is 2.23. The quantitative estimate of drug-likeness (QED) is 0.677. The van der Waals surface area contributed by atoms with Gasteiger partial charge in [-0.25, -0.2) is 0 Å². The molecule has 0 aliphatic carbocycles. The van der Waals surface area contributed by atoms with Crippen LogP contribution in [0.2, 0.25) is 0 Å². The average Bonchev–Trinajstić information content (AvgIpc) is 3.01. The van der Waals surface area contributed by atoms with E-state index in [1.165, 1.54) is 12.5 Å². The summed E-state index contributed by atoms with van der Waals surface area (Å²) < 4.78 is 2.09. The normalized spacial score (nSPS) is 13.1. The van der Waals surface area contributed by atoms with Crippen molar-refractivity contribution in [3.8, 4) is 5.69 Å². The zero-order valence-electron chi connectivity index (χ0n) is 18.5. The van der Waals surface area contributed by atoms with Crippen LogP contribution in [0.15, 0.2) is 47.5 Å². The first-order valence-electron chi connectivity index (χ1n) is 10.4. The van der Waals surface area contributed by atoms with Crippen LogP contribution in [0.1, 0.15) is 60.1 Å². The van der Waals surface area contributed by atoms with Crippen molar-refractivity contribution in [2.75, 3.05) is 6.61 Å². The van der Waals surface area contributed by atoms with Gasteiger partial charge in [-0.15, -0.1) is 10.2 Å². The minimum absolute atomic E-state index is 0.124. The SMILES string of the molecule is CC(N)=O.CCC(CO)c1ccc2c(c1)C(c1ccc(C)cc1)=NCc1nnc(C)n1-2. The van der Waals surface area contributed by atoms with Gasteiger partial charge in [-0.2, -0.15) is 0 Å². The Labute approximate surface area is 182 Å². The maximum atomic E-state index is 9.77. The summed E-state index contributed by atoms with van der Waals surface area (Å²) in [5.74, 6) is 1.49. The van der Waals surface area contributed by atoms with Crippen LogP contribution in [0.3, 0.4) is 0 Å². The Hall–Kier alpha value is -3.32. The van der Waals surface area contributed by atoms with Gasteiger partial charge >= 0.3 is 0 Å². The summed E-state index contributed by atoms with van der Waals surface area (Å²) in [6.07, 6.45) is 0.892. The molecule has 7 nitrogen and oxygen atoms in total. The second kappa shape index (κ2) is 9.66. The largest absolute Gasteiger partial charge is 0.396 e. The summed E-state index contributed by atoms with van der Waals surface area (Å²) in [6.45, 7) is 8.09. The zero-order valence-corrected chi connectivity index (χ0v) is 18.5. The summed E-state index contributed by atoms with van der Waals surface area (Å²) >= 11 is 0. The smallest absolute Gasteiger partial charge is 0.214 e. The number of aliphatic imine (C=N–C) groups is 1. The van der Waals surface area contributed by atoms with E-state index in [2.05, 4.69) is 76.8 Å². The van der Waals surface area contributed by atoms with Crippen LogP contribution >= 0.6 is 0 Å². The number of aliphatic hydroxyl groups excluding tert-OH is 1. The number of fused-ring (bicyclic) bond motifs is 3. The molecule has 0 saturated carbocycles. The Morgan fingerprint density at radius 3 is 2.45 bits per heavy atom. The third-order valence-corrected chi connectivity index (χ3v) is 5.30. The summed E-state index contributed by atoms with van der Waals surface area (Å²) in [6, 6.07) is 14.8. The first-order valence-corrected chi connectivity index (χ1v) is 10.4. The number of primary amides is 1. The molecule has 0 radical (unpaired) electrons. The highest BCUT2D eigenvalue weighted by molar-refractivity contribution is 6.15. The van der Waals surface area contributed by atoms with Gasteiger partial charge in [0, 0.05) is 30.6 Å². The summed E-state index contributed by atoms with van der Waals surface area (Å²) in [7, 11) is 0. The van der Waals surface area contributed by atoms with Gasteiger partial charge in [0.1, 0.15) is 12.4 Å². The summed E-state index contributed by atoms with van der Waals surface area (Å²) in [4.78, 5) is 14.1. The van der Waals surface area contributed by atoms with Crippen molar-refractivity contribution in [1.82, 2.24) is 14.8 Å². The van der Waals surface area contributed by atoms with Gasteiger partial charge in [-0.1, -0.05) is 42.8 Å². The van der Waals surface area contributed by atoms with Gasteiger partial charge in [0.2, 0.25) is 5.91 Å². The zero-order chi connectivity index (χ0) is 22.5. The fraction of sp³-hybridized carbons (Fsp3) is 0.333.